The number of benzene rings is 2. The average molecular weight is 484 g/mol. The summed E-state index contributed by atoms with van der Waals surface area (Å²) in [5.41, 5.74) is 3.56. The largest absolute Gasteiger partial charge is 0.465 e. The molecule has 3 aromatic rings. The van der Waals surface area contributed by atoms with E-state index in [1.165, 1.54) is 10.5 Å². The Balaban J connectivity index is 1.61. The molecule has 3 atom stereocenters. The molecule has 34 heavy (non-hydrogen) atoms. The van der Waals surface area contributed by atoms with Crippen LogP contribution in [-0.4, -0.2) is 46.6 Å². The predicted octanol–water partition coefficient (Wildman–Crippen LogP) is 6.16. The lowest BCUT2D eigenvalue weighted by Crippen LogP contribution is -2.44. The Bertz CT molecular complexity index is 1140. The number of amides is 1. The number of rotatable bonds is 6. The lowest BCUT2D eigenvalue weighted by atomic mass is 10.0. The standard InChI is InChI=1S/C26H30ClN3O4/c1-16-13-29(14-17(2)33-16)15-20-9-11-21(12-10-20)25-24(18(3)28-34-25)30(26(31)32)19(4)22-7-5-6-8-23(22)27/h5-12,16-17,19H,13-15H2,1-4H3,(H,31,32). The van der Waals surface area contributed by atoms with Crippen molar-refractivity contribution in [3.05, 3.63) is 70.4 Å². The zero-order valence-corrected chi connectivity index (χ0v) is 20.6. The van der Waals surface area contributed by atoms with E-state index in [1.807, 2.05) is 42.5 Å². The molecule has 1 amide bonds. The van der Waals surface area contributed by atoms with Gasteiger partial charge in [0.05, 0.1) is 18.2 Å². The van der Waals surface area contributed by atoms with Gasteiger partial charge in [0.1, 0.15) is 11.4 Å². The summed E-state index contributed by atoms with van der Waals surface area (Å²) in [6, 6.07) is 14.7. The Morgan fingerprint density at radius 1 is 1.18 bits per heavy atom. The van der Waals surface area contributed by atoms with Crippen LogP contribution in [0.4, 0.5) is 10.5 Å². The molecular formula is C26H30ClN3O4. The van der Waals surface area contributed by atoms with E-state index in [0.717, 1.165) is 25.2 Å². The number of aryl methyl sites for hydroxylation is 1. The van der Waals surface area contributed by atoms with Gasteiger partial charge in [-0.25, -0.2) is 4.79 Å². The molecule has 0 spiro atoms. The van der Waals surface area contributed by atoms with Gasteiger partial charge >= 0.3 is 6.09 Å². The van der Waals surface area contributed by atoms with Gasteiger partial charge in [-0.05, 0) is 44.9 Å². The Hall–Kier alpha value is -2.87. The van der Waals surface area contributed by atoms with E-state index in [0.29, 0.717) is 27.7 Å². The first-order valence-corrected chi connectivity index (χ1v) is 11.8. The van der Waals surface area contributed by atoms with Crippen molar-refractivity contribution in [3.63, 3.8) is 0 Å². The van der Waals surface area contributed by atoms with E-state index in [2.05, 4.69) is 23.9 Å². The Morgan fingerprint density at radius 3 is 2.44 bits per heavy atom. The van der Waals surface area contributed by atoms with Crippen molar-refractivity contribution in [2.75, 3.05) is 18.0 Å². The molecule has 1 aliphatic rings. The van der Waals surface area contributed by atoms with Gasteiger partial charge in [0.15, 0.2) is 5.76 Å². The number of anilines is 1. The lowest BCUT2D eigenvalue weighted by molar-refractivity contribution is -0.0704. The molecule has 1 fully saturated rings. The Morgan fingerprint density at radius 2 is 1.82 bits per heavy atom. The fourth-order valence-corrected chi connectivity index (χ4v) is 4.97. The van der Waals surface area contributed by atoms with Crippen molar-refractivity contribution in [2.24, 2.45) is 0 Å². The maximum atomic E-state index is 12.4. The molecule has 0 saturated carbocycles. The van der Waals surface area contributed by atoms with Crippen LogP contribution >= 0.6 is 11.6 Å². The maximum absolute atomic E-state index is 12.4. The summed E-state index contributed by atoms with van der Waals surface area (Å²) in [5, 5.41) is 14.7. The van der Waals surface area contributed by atoms with E-state index in [9.17, 15) is 9.90 Å². The number of carbonyl (C=O) groups is 1. The highest BCUT2D eigenvalue weighted by Crippen LogP contribution is 2.39. The molecule has 1 N–H and O–H groups in total. The minimum Gasteiger partial charge on any atom is -0.465 e. The van der Waals surface area contributed by atoms with Crippen LogP contribution in [0.2, 0.25) is 5.02 Å². The fraction of sp³-hybridized carbons (Fsp3) is 0.385. The molecule has 1 saturated heterocycles. The number of morpholine rings is 1. The molecule has 180 valence electrons. The molecule has 2 aromatic carbocycles. The molecule has 7 nitrogen and oxygen atoms in total. The van der Waals surface area contributed by atoms with Crippen LogP contribution in [0.5, 0.6) is 0 Å². The van der Waals surface area contributed by atoms with E-state index in [4.69, 9.17) is 20.9 Å². The highest BCUT2D eigenvalue weighted by Gasteiger charge is 2.31. The van der Waals surface area contributed by atoms with Crippen LogP contribution in [0.25, 0.3) is 11.3 Å². The fourth-order valence-electron chi connectivity index (χ4n) is 4.68. The van der Waals surface area contributed by atoms with E-state index in [1.54, 1.807) is 19.9 Å². The minimum absolute atomic E-state index is 0.213. The number of hydrogen-bond donors (Lipinski definition) is 1. The molecule has 0 radical (unpaired) electrons. The first kappa shape index (κ1) is 24.3. The highest BCUT2D eigenvalue weighted by atomic mass is 35.5. The lowest BCUT2D eigenvalue weighted by Gasteiger charge is -2.35. The average Bonchev–Trinajstić information content (AvgIpc) is 3.15. The van der Waals surface area contributed by atoms with Crippen molar-refractivity contribution in [1.29, 1.82) is 0 Å². The molecule has 1 aliphatic heterocycles. The second kappa shape index (κ2) is 10.2. The van der Waals surface area contributed by atoms with E-state index < -0.39 is 12.1 Å². The number of halogens is 1. The van der Waals surface area contributed by atoms with Gasteiger partial charge in [-0.1, -0.05) is 59.2 Å². The van der Waals surface area contributed by atoms with Crippen molar-refractivity contribution in [3.8, 4) is 11.3 Å². The first-order valence-electron chi connectivity index (χ1n) is 11.4. The zero-order valence-electron chi connectivity index (χ0n) is 19.9. The van der Waals surface area contributed by atoms with Crippen LogP contribution < -0.4 is 4.90 Å². The van der Waals surface area contributed by atoms with Gasteiger partial charge in [-0.3, -0.25) is 9.80 Å². The van der Waals surface area contributed by atoms with Crippen LogP contribution in [0.3, 0.4) is 0 Å². The third kappa shape index (κ3) is 5.12. The summed E-state index contributed by atoms with van der Waals surface area (Å²) >= 11 is 6.37. The smallest absolute Gasteiger partial charge is 0.412 e. The maximum Gasteiger partial charge on any atom is 0.412 e. The first-order chi connectivity index (χ1) is 16.2. The molecule has 3 unspecified atom stereocenters. The number of carboxylic acid groups (broad SMARTS) is 1. The summed E-state index contributed by atoms with van der Waals surface area (Å²) in [6.45, 7) is 10.3. The molecule has 0 aliphatic carbocycles. The quantitative estimate of drug-likeness (QED) is 0.452. The second-order valence-corrected chi connectivity index (χ2v) is 9.35. The van der Waals surface area contributed by atoms with Crippen LogP contribution in [0.1, 0.15) is 43.6 Å². The number of aromatic nitrogens is 1. The monoisotopic (exact) mass is 483 g/mol. The SMILES string of the molecule is Cc1noc(-c2ccc(CN3CC(C)OC(C)C3)cc2)c1N(C(=O)O)C(C)c1ccccc1Cl. The van der Waals surface area contributed by atoms with Gasteiger partial charge in [0.25, 0.3) is 0 Å². The van der Waals surface area contributed by atoms with Gasteiger partial charge < -0.3 is 14.4 Å². The molecular weight excluding hydrogens is 454 g/mol. The summed E-state index contributed by atoms with van der Waals surface area (Å²) < 4.78 is 11.5. The molecule has 2 heterocycles. The third-order valence-corrected chi connectivity index (χ3v) is 6.48. The Kier molecular flexibility index (Phi) is 7.26. The van der Waals surface area contributed by atoms with Gasteiger partial charge in [0, 0.05) is 30.2 Å². The summed E-state index contributed by atoms with van der Waals surface area (Å²) in [4.78, 5) is 16.0. The number of hydrogen-bond acceptors (Lipinski definition) is 5. The van der Waals surface area contributed by atoms with Crippen molar-refractivity contribution < 1.29 is 19.2 Å². The minimum atomic E-state index is -1.10. The predicted molar refractivity (Wildman–Crippen MR) is 132 cm³/mol. The van der Waals surface area contributed by atoms with Crippen molar-refractivity contribution in [1.82, 2.24) is 10.1 Å². The number of ether oxygens (including phenoxy) is 1. The zero-order chi connectivity index (χ0) is 24.4. The highest BCUT2D eigenvalue weighted by molar-refractivity contribution is 6.31. The number of nitrogens with zero attached hydrogens (tertiary/aromatic N) is 3. The van der Waals surface area contributed by atoms with Gasteiger partial charge in [0.2, 0.25) is 0 Å². The molecule has 4 rings (SSSR count). The Labute approximate surface area is 204 Å². The van der Waals surface area contributed by atoms with Crippen LogP contribution in [0.15, 0.2) is 53.1 Å². The van der Waals surface area contributed by atoms with E-state index >= 15 is 0 Å². The molecule has 1 aromatic heterocycles. The summed E-state index contributed by atoms with van der Waals surface area (Å²) in [6.07, 6.45) is -0.679. The van der Waals surface area contributed by atoms with Crippen LogP contribution in [-0.2, 0) is 11.3 Å². The normalized spacial score (nSPS) is 19.7. The topological polar surface area (TPSA) is 79.0 Å². The molecule has 0 bridgehead atoms. The van der Waals surface area contributed by atoms with Crippen molar-refractivity contribution in [2.45, 2.75) is 52.5 Å². The van der Waals surface area contributed by atoms with Crippen molar-refractivity contribution >= 4 is 23.4 Å². The summed E-state index contributed by atoms with van der Waals surface area (Å²) in [5.74, 6) is 0.416. The van der Waals surface area contributed by atoms with Crippen LogP contribution in [0, 0.1) is 6.92 Å². The summed E-state index contributed by atoms with van der Waals surface area (Å²) in [7, 11) is 0. The van der Waals surface area contributed by atoms with Gasteiger partial charge in [-0.2, -0.15) is 0 Å². The third-order valence-electron chi connectivity index (χ3n) is 6.14. The molecule has 8 heteroatoms. The van der Waals surface area contributed by atoms with E-state index in [-0.39, 0.29) is 12.2 Å². The van der Waals surface area contributed by atoms with Gasteiger partial charge in [-0.15, -0.1) is 0 Å². The second-order valence-electron chi connectivity index (χ2n) is 8.94.